The second-order valence-electron chi connectivity index (χ2n) is 6.04. The summed E-state index contributed by atoms with van der Waals surface area (Å²) in [4.78, 5) is 30.0. The molecule has 0 radical (unpaired) electrons. The van der Waals surface area contributed by atoms with Crippen LogP contribution >= 0.6 is 11.3 Å². The quantitative estimate of drug-likeness (QED) is 0.780. The number of aromatic nitrogens is 1. The van der Waals surface area contributed by atoms with Gasteiger partial charge < -0.3 is 16.0 Å². The molecular formula is C17H21N5O2S. The zero-order valence-electron chi connectivity index (χ0n) is 14.0. The van der Waals surface area contributed by atoms with Gasteiger partial charge in [-0.05, 0) is 43.9 Å². The third-order valence-electron chi connectivity index (χ3n) is 4.07. The largest absolute Gasteiger partial charge is 0.370 e. The van der Waals surface area contributed by atoms with E-state index in [1.165, 1.54) is 12.6 Å². The number of primary amides is 1. The Balaban J connectivity index is 1.72. The first-order valence-corrected chi connectivity index (χ1v) is 9.04. The van der Waals surface area contributed by atoms with Crippen LogP contribution in [0.15, 0.2) is 24.4 Å². The van der Waals surface area contributed by atoms with Crippen molar-refractivity contribution in [2.75, 3.05) is 28.6 Å². The standard InChI is InChI=1S/C17H21N5O2S/c1-11-5-6-12(13(9-11)22-7-3-2-4-8-22)20-16(24)21-17-19-10-14(25-17)15(18)23/h5-6,9-10H,2-4,7-8H2,1H3,(H2,18,23)(H2,19,20,21,24). The minimum Gasteiger partial charge on any atom is -0.370 e. The maximum atomic E-state index is 12.3. The normalized spacial score (nSPS) is 14.2. The Bertz CT molecular complexity index is 783. The topological polar surface area (TPSA) is 100 Å². The second kappa shape index (κ2) is 7.52. The summed E-state index contributed by atoms with van der Waals surface area (Å²) < 4.78 is 0. The van der Waals surface area contributed by atoms with Gasteiger partial charge in [-0.3, -0.25) is 10.1 Å². The maximum Gasteiger partial charge on any atom is 0.325 e. The number of carbonyl (C=O) groups is 2. The summed E-state index contributed by atoms with van der Waals surface area (Å²) in [7, 11) is 0. The van der Waals surface area contributed by atoms with Crippen molar-refractivity contribution in [2.24, 2.45) is 5.73 Å². The number of amides is 3. The molecule has 1 aliphatic rings. The highest BCUT2D eigenvalue weighted by molar-refractivity contribution is 7.17. The Labute approximate surface area is 150 Å². The fourth-order valence-electron chi connectivity index (χ4n) is 2.84. The van der Waals surface area contributed by atoms with Crippen molar-refractivity contribution in [3.8, 4) is 0 Å². The third-order valence-corrected chi connectivity index (χ3v) is 4.99. The molecule has 25 heavy (non-hydrogen) atoms. The Kier molecular flexibility index (Phi) is 5.18. The van der Waals surface area contributed by atoms with Gasteiger partial charge in [0.15, 0.2) is 5.13 Å². The van der Waals surface area contributed by atoms with E-state index < -0.39 is 11.9 Å². The Morgan fingerprint density at radius 3 is 2.64 bits per heavy atom. The number of urea groups is 1. The minimum atomic E-state index is -0.558. The number of piperidine rings is 1. The van der Waals surface area contributed by atoms with Gasteiger partial charge in [-0.2, -0.15) is 0 Å². The third kappa shape index (κ3) is 4.27. The summed E-state index contributed by atoms with van der Waals surface area (Å²) in [5.41, 5.74) is 8.14. The molecular weight excluding hydrogens is 338 g/mol. The molecule has 1 aromatic heterocycles. The van der Waals surface area contributed by atoms with Crippen LogP contribution in [-0.2, 0) is 0 Å². The molecule has 0 atom stereocenters. The fourth-order valence-corrected chi connectivity index (χ4v) is 3.50. The van der Waals surface area contributed by atoms with Crippen molar-refractivity contribution in [3.63, 3.8) is 0 Å². The van der Waals surface area contributed by atoms with Gasteiger partial charge in [0.25, 0.3) is 5.91 Å². The molecule has 2 aromatic rings. The van der Waals surface area contributed by atoms with Gasteiger partial charge in [-0.25, -0.2) is 9.78 Å². The Hall–Kier alpha value is -2.61. The first-order valence-electron chi connectivity index (χ1n) is 8.22. The van der Waals surface area contributed by atoms with Crippen LogP contribution in [0.25, 0.3) is 0 Å². The van der Waals surface area contributed by atoms with Gasteiger partial charge in [0.1, 0.15) is 4.88 Å². The highest BCUT2D eigenvalue weighted by Crippen LogP contribution is 2.30. The second-order valence-corrected chi connectivity index (χ2v) is 7.07. The van der Waals surface area contributed by atoms with Gasteiger partial charge in [0.2, 0.25) is 0 Å². The van der Waals surface area contributed by atoms with E-state index in [-0.39, 0.29) is 0 Å². The molecule has 0 saturated carbocycles. The number of rotatable bonds is 4. The average Bonchev–Trinajstić information content (AvgIpc) is 3.06. The highest BCUT2D eigenvalue weighted by atomic mass is 32.1. The number of hydrogen-bond acceptors (Lipinski definition) is 5. The maximum absolute atomic E-state index is 12.3. The van der Waals surface area contributed by atoms with E-state index in [1.807, 2.05) is 19.1 Å². The van der Waals surface area contributed by atoms with E-state index >= 15 is 0 Å². The lowest BCUT2D eigenvalue weighted by Crippen LogP contribution is -2.31. The number of carbonyl (C=O) groups excluding carboxylic acids is 2. The summed E-state index contributed by atoms with van der Waals surface area (Å²) in [6, 6.07) is 5.58. The molecule has 132 valence electrons. The first kappa shape index (κ1) is 17.2. The molecule has 1 aromatic carbocycles. The van der Waals surface area contributed by atoms with E-state index in [2.05, 4.69) is 26.6 Å². The number of nitrogens with two attached hydrogens (primary N) is 1. The molecule has 0 aliphatic carbocycles. The van der Waals surface area contributed by atoms with E-state index in [9.17, 15) is 9.59 Å². The van der Waals surface area contributed by atoms with Crippen LogP contribution < -0.4 is 21.3 Å². The summed E-state index contributed by atoms with van der Waals surface area (Å²) >= 11 is 1.05. The summed E-state index contributed by atoms with van der Waals surface area (Å²) in [5.74, 6) is -0.558. The lowest BCUT2D eigenvalue weighted by atomic mass is 10.1. The van der Waals surface area contributed by atoms with Crippen LogP contribution in [0.3, 0.4) is 0 Å². The van der Waals surface area contributed by atoms with E-state index in [1.54, 1.807) is 0 Å². The fraction of sp³-hybridized carbons (Fsp3) is 0.353. The molecule has 8 heteroatoms. The molecule has 0 bridgehead atoms. The molecule has 3 rings (SSSR count). The van der Waals surface area contributed by atoms with Gasteiger partial charge in [-0.15, -0.1) is 0 Å². The Morgan fingerprint density at radius 2 is 1.96 bits per heavy atom. The number of aryl methyl sites for hydroxylation is 1. The smallest absolute Gasteiger partial charge is 0.325 e. The van der Waals surface area contributed by atoms with Gasteiger partial charge in [0.05, 0.1) is 17.6 Å². The summed E-state index contributed by atoms with van der Waals surface area (Å²) in [6.45, 7) is 4.03. The van der Waals surface area contributed by atoms with E-state index in [0.717, 1.165) is 54.2 Å². The van der Waals surface area contributed by atoms with Crippen LogP contribution in [0.4, 0.5) is 21.3 Å². The molecule has 1 saturated heterocycles. The summed E-state index contributed by atoms with van der Waals surface area (Å²) in [5, 5.41) is 5.85. The number of thiazole rings is 1. The zero-order chi connectivity index (χ0) is 17.8. The molecule has 1 aliphatic heterocycles. The van der Waals surface area contributed by atoms with E-state index in [4.69, 9.17) is 5.73 Å². The van der Waals surface area contributed by atoms with Crippen molar-refractivity contribution >= 4 is 39.8 Å². The van der Waals surface area contributed by atoms with Crippen molar-refractivity contribution in [3.05, 3.63) is 34.8 Å². The van der Waals surface area contributed by atoms with Gasteiger partial charge in [-0.1, -0.05) is 17.4 Å². The molecule has 0 unspecified atom stereocenters. The molecule has 4 N–H and O–H groups in total. The lowest BCUT2D eigenvalue weighted by molar-refractivity contribution is 0.100. The molecule has 7 nitrogen and oxygen atoms in total. The van der Waals surface area contributed by atoms with Crippen molar-refractivity contribution in [2.45, 2.75) is 26.2 Å². The van der Waals surface area contributed by atoms with Crippen LogP contribution in [0, 0.1) is 6.92 Å². The number of nitrogens with one attached hydrogen (secondary N) is 2. The van der Waals surface area contributed by atoms with Crippen LogP contribution in [0.2, 0.25) is 0 Å². The van der Waals surface area contributed by atoms with Crippen LogP contribution in [0.5, 0.6) is 0 Å². The number of benzene rings is 1. The number of anilines is 3. The lowest BCUT2D eigenvalue weighted by Gasteiger charge is -2.30. The first-order chi connectivity index (χ1) is 12.0. The predicted octanol–water partition coefficient (Wildman–Crippen LogP) is 3.18. The van der Waals surface area contributed by atoms with Crippen LogP contribution in [0.1, 0.15) is 34.5 Å². The Morgan fingerprint density at radius 1 is 1.20 bits per heavy atom. The number of nitrogens with zero attached hydrogens (tertiary/aromatic N) is 2. The predicted molar refractivity (Wildman–Crippen MR) is 101 cm³/mol. The van der Waals surface area contributed by atoms with Gasteiger partial charge in [0, 0.05) is 13.1 Å². The minimum absolute atomic E-state index is 0.305. The SMILES string of the molecule is Cc1ccc(NC(=O)Nc2ncc(C(N)=O)s2)c(N2CCCCC2)c1. The molecule has 1 fully saturated rings. The molecule has 3 amide bonds. The van der Waals surface area contributed by atoms with Crippen molar-refractivity contribution in [1.82, 2.24) is 4.98 Å². The van der Waals surface area contributed by atoms with E-state index in [0.29, 0.717) is 10.0 Å². The number of hydrogen-bond donors (Lipinski definition) is 3. The average molecular weight is 359 g/mol. The monoisotopic (exact) mass is 359 g/mol. The van der Waals surface area contributed by atoms with Gasteiger partial charge >= 0.3 is 6.03 Å². The highest BCUT2D eigenvalue weighted by Gasteiger charge is 2.17. The van der Waals surface area contributed by atoms with Crippen molar-refractivity contribution < 1.29 is 9.59 Å². The van der Waals surface area contributed by atoms with Crippen molar-refractivity contribution in [1.29, 1.82) is 0 Å². The van der Waals surface area contributed by atoms with Crippen LogP contribution in [-0.4, -0.2) is 30.0 Å². The molecule has 2 heterocycles. The molecule has 0 spiro atoms. The summed E-state index contributed by atoms with van der Waals surface area (Å²) in [6.07, 6.45) is 4.93. The zero-order valence-corrected chi connectivity index (χ0v) is 14.9.